The van der Waals surface area contributed by atoms with Crippen molar-refractivity contribution in [3.63, 3.8) is 0 Å². The van der Waals surface area contributed by atoms with Gasteiger partial charge in [0.2, 0.25) is 5.78 Å². The molecule has 0 amide bonds. The van der Waals surface area contributed by atoms with Crippen LogP contribution in [-0.4, -0.2) is 49.4 Å². The average molecular weight is 430 g/mol. The quantitative estimate of drug-likeness (QED) is 0.673. The van der Waals surface area contributed by atoms with Gasteiger partial charge in [0.15, 0.2) is 5.76 Å². The summed E-state index contributed by atoms with van der Waals surface area (Å²) in [6, 6.07) is 0. The van der Waals surface area contributed by atoms with Gasteiger partial charge in [-0.3, -0.25) is 14.4 Å². The van der Waals surface area contributed by atoms with Crippen molar-refractivity contribution in [3.05, 3.63) is 23.2 Å². The first kappa shape index (κ1) is 20.4. The van der Waals surface area contributed by atoms with Gasteiger partial charge in [0, 0.05) is 48.7 Å². The van der Waals surface area contributed by atoms with E-state index in [-0.39, 0.29) is 35.4 Å². The number of carbonyl (C=O) groups is 4. The molecule has 2 heterocycles. The highest BCUT2D eigenvalue weighted by molar-refractivity contribution is 6.05. The van der Waals surface area contributed by atoms with Gasteiger partial charge in [-0.15, -0.1) is 0 Å². The first-order chi connectivity index (χ1) is 14.6. The largest absolute Gasteiger partial charge is 0.462 e. The summed E-state index contributed by atoms with van der Waals surface area (Å²) >= 11 is 0. The SMILES string of the molecule is COCC1OC(=O)c2coc3c2C1(C)C1C(OC(C)=O)CC2(C)C(=O)CCC2C1C3=O. The third-order valence-corrected chi connectivity index (χ3v) is 8.31. The summed E-state index contributed by atoms with van der Waals surface area (Å²) in [4.78, 5) is 51.3. The van der Waals surface area contributed by atoms with Crippen LogP contribution in [-0.2, 0) is 29.2 Å². The van der Waals surface area contributed by atoms with Crippen molar-refractivity contribution in [2.45, 2.75) is 57.7 Å². The number of ketones is 2. The number of cyclic esters (lactones) is 1. The standard InChI is InChI=1S/C23H26O8/c1-10(24)30-13-7-22(2)12(5-6-14(22)25)16-18(13)23(3)15(9-28-4)31-21(27)11-8-29-20(17(11)23)19(16)26/h8,12-13,15-16,18H,5-7,9H2,1-4H3. The Bertz CT molecular complexity index is 1010. The van der Waals surface area contributed by atoms with Crippen molar-refractivity contribution < 1.29 is 37.8 Å². The van der Waals surface area contributed by atoms with Crippen LogP contribution < -0.4 is 0 Å². The van der Waals surface area contributed by atoms with Crippen LogP contribution in [0, 0.1) is 23.2 Å². The monoisotopic (exact) mass is 430 g/mol. The first-order valence-corrected chi connectivity index (χ1v) is 10.7. The van der Waals surface area contributed by atoms with E-state index in [1.165, 1.54) is 20.3 Å². The summed E-state index contributed by atoms with van der Waals surface area (Å²) in [5, 5.41) is 0. The maximum atomic E-state index is 13.8. The highest BCUT2D eigenvalue weighted by Gasteiger charge is 2.69. The third-order valence-electron chi connectivity index (χ3n) is 8.31. The predicted octanol–water partition coefficient (Wildman–Crippen LogP) is 2.47. The predicted molar refractivity (Wildman–Crippen MR) is 104 cm³/mol. The zero-order valence-corrected chi connectivity index (χ0v) is 18.1. The second kappa shape index (κ2) is 6.51. The Morgan fingerprint density at radius 2 is 2.00 bits per heavy atom. The second-order valence-corrected chi connectivity index (χ2v) is 9.74. The fourth-order valence-electron chi connectivity index (χ4n) is 6.99. The molecule has 0 aromatic carbocycles. The maximum Gasteiger partial charge on any atom is 0.342 e. The normalized spacial score (nSPS) is 40.6. The van der Waals surface area contributed by atoms with Crippen molar-refractivity contribution in [2.24, 2.45) is 23.2 Å². The van der Waals surface area contributed by atoms with E-state index in [1.807, 2.05) is 13.8 Å². The van der Waals surface area contributed by atoms with E-state index in [0.717, 1.165) is 0 Å². The Labute approximate surface area is 179 Å². The molecule has 31 heavy (non-hydrogen) atoms. The van der Waals surface area contributed by atoms with E-state index in [0.29, 0.717) is 24.8 Å². The molecule has 7 unspecified atom stereocenters. The lowest BCUT2D eigenvalue weighted by molar-refractivity contribution is -0.172. The van der Waals surface area contributed by atoms with Gasteiger partial charge in [0.1, 0.15) is 29.8 Å². The molecule has 0 radical (unpaired) electrons. The van der Waals surface area contributed by atoms with E-state index in [1.54, 1.807) is 0 Å². The van der Waals surface area contributed by atoms with Gasteiger partial charge in [-0.1, -0.05) is 13.8 Å². The number of hydrogen-bond donors (Lipinski definition) is 0. The lowest BCUT2D eigenvalue weighted by atomic mass is 9.47. The van der Waals surface area contributed by atoms with Crippen molar-refractivity contribution in [1.82, 2.24) is 0 Å². The molecule has 8 nitrogen and oxygen atoms in total. The van der Waals surface area contributed by atoms with Crippen molar-refractivity contribution in [1.29, 1.82) is 0 Å². The van der Waals surface area contributed by atoms with Crippen LogP contribution in [0.5, 0.6) is 0 Å². The van der Waals surface area contributed by atoms with Crippen molar-refractivity contribution in [3.8, 4) is 0 Å². The number of Topliss-reactive ketones (excluding diaryl/α,β-unsaturated/α-hetero) is 2. The molecule has 0 bridgehead atoms. The molecule has 0 saturated heterocycles. The van der Waals surface area contributed by atoms with E-state index < -0.39 is 46.8 Å². The van der Waals surface area contributed by atoms with Gasteiger partial charge in [-0.25, -0.2) is 4.79 Å². The number of ether oxygens (including phenoxy) is 3. The Hall–Kier alpha value is -2.48. The van der Waals surface area contributed by atoms with Crippen LogP contribution in [0.2, 0.25) is 0 Å². The number of esters is 2. The Kier molecular flexibility index (Phi) is 4.29. The Morgan fingerprint density at radius 1 is 1.26 bits per heavy atom. The van der Waals surface area contributed by atoms with E-state index in [2.05, 4.69) is 0 Å². The highest BCUT2D eigenvalue weighted by atomic mass is 16.6. The fraction of sp³-hybridized carbons (Fsp3) is 0.652. The van der Waals surface area contributed by atoms with E-state index >= 15 is 0 Å². The summed E-state index contributed by atoms with van der Waals surface area (Å²) in [6.07, 6.45) is 1.26. The van der Waals surface area contributed by atoms with Crippen LogP contribution in [0.15, 0.2) is 10.7 Å². The minimum atomic E-state index is -0.868. The maximum absolute atomic E-state index is 13.8. The molecule has 0 spiro atoms. The summed E-state index contributed by atoms with van der Waals surface area (Å²) in [6.45, 7) is 5.26. The summed E-state index contributed by atoms with van der Waals surface area (Å²) in [7, 11) is 1.52. The molecule has 8 heteroatoms. The van der Waals surface area contributed by atoms with Gasteiger partial charge in [0.05, 0.1) is 6.61 Å². The molecule has 2 fully saturated rings. The first-order valence-electron chi connectivity index (χ1n) is 10.7. The second-order valence-electron chi connectivity index (χ2n) is 9.74. The van der Waals surface area contributed by atoms with Crippen LogP contribution in [0.25, 0.3) is 0 Å². The Morgan fingerprint density at radius 3 is 2.68 bits per heavy atom. The molecular weight excluding hydrogens is 404 g/mol. The summed E-state index contributed by atoms with van der Waals surface area (Å²) < 4.78 is 22.6. The molecule has 5 rings (SSSR count). The van der Waals surface area contributed by atoms with Crippen LogP contribution in [0.4, 0.5) is 0 Å². The molecule has 1 aromatic heterocycles. The summed E-state index contributed by atoms with van der Waals surface area (Å²) in [5.41, 5.74) is -0.869. The average Bonchev–Trinajstić information content (AvgIpc) is 3.27. The van der Waals surface area contributed by atoms with Gasteiger partial charge in [-0.2, -0.15) is 0 Å². The lowest BCUT2D eigenvalue weighted by Gasteiger charge is -2.58. The van der Waals surface area contributed by atoms with E-state index in [9.17, 15) is 19.2 Å². The number of fused-ring (bicyclic) bond motifs is 4. The molecule has 1 aromatic rings. The minimum Gasteiger partial charge on any atom is -0.462 e. The zero-order chi connectivity index (χ0) is 22.3. The molecule has 1 aliphatic heterocycles. The van der Waals surface area contributed by atoms with Crippen LogP contribution in [0.3, 0.4) is 0 Å². The van der Waals surface area contributed by atoms with Crippen LogP contribution in [0.1, 0.15) is 66.5 Å². The molecule has 2 saturated carbocycles. The number of methoxy groups -OCH3 is 1. The van der Waals surface area contributed by atoms with Crippen molar-refractivity contribution >= 4 is 23.5 Å². The fourth-order valence-corrected chi connectivity index (χ4v) is 6.99. The van der Waals surface area contributed by atoms with Gasteiger partial charge in [0.25, 0.3) is 0 Å². The molecule has 3 aliphatic carbocycles. The lowest BCUT2D eigenvalue weighted by Crippen LogP contribution is -2.65. The van der Waals surface area contributed by atoms with E-state index in [4.69, 9.17) is 18.6 Å². The number of rotatable bonds is 3. The molecule has 166 valence electrons. The molecule has 4 aliphatic rings. The Balaban J connectivity index is 1.76. The van der Waals surface area contributed by atoms with Gasteiger partial charge < -0.3 is 18.6 Å². The third kappa shape index (κ3) is 2.45. The number of carbonyl (C=O) groups excluding carboxylic acids is 4. The number of hydrogen-bond acceptors (Lipinski definition) is 8. The zero-order valence-electron chi connectivity index (χ0n) is 18.1. The smallest absolute Gasteiger partial charge is 0.342 e. The number of furan rings is 1. The minimum absolute atomic E-state index is 0.0977. The van der Waals surface area contributed by atoms with Crippen molar-refractivity contribution in [2.75, 3.05) is 13.7 Å². The van der Waals surface area contributed by atoms with Gasteiger partial charge in [-0.05, 0) is 18.8 Å². The molecule has 0 N–H and O–H groups in total. The van der Waals surface area contributed by atoms with Crippen LogP contribution >= 0.6 is 0 Å². The highest BCUT2D eigenvalue weighted by Crippen LogP contribution is 2.63. The molecular formula is C23H26O8. The summed E-state index contributed by atoms with van der Waals surface area (Å²) in [5.74, 6) is -2.24. The topological polar surface area (TPSA) is 109 Å². The molecule has 7 atom stereocenters. The van der Waals surface area contributed by atoms with Gasteiger partial charge >= 0.3 is 11.9 Å².